The number of hydrogen-bond acceptors (Lipinski definition) is 4. The number of carbonyl (C=O) groups is 1. The van der Waals surface area contributed by atoms with Crippen LogP contribution in [0.3, 0.4) is 0 Å². The van der Waals surface area contributed by atoms with E-state index in [0.29, 0.717) is 38.7 Å². The van der Waals surface area contributed by atoms with Crippen molar-refractivity contribution < 1.29 is 19.0 Å². The van der Waals surface area contributed by atoms with Crippen molar-refractivity contribution in [1.29, 1.82) is 0 Å². The fourth-order valence-electron chi connectivity index (χ4n) is 4.22. The van der Waals surface area contributed by atoms with Gasteiger partial charge in [0.05, 0.1) is 19.3 Å². The van der Waals surface area contributed by atoms with Crippen molar-refractivity contribution in [2.45, 2.75) is 57.4 Å². The molecule has 1 spiro atoms. The van der Waals surface area contributed by atoms with E-state index in [1.807, 2.05) is 29.2 Å². The standard InChI is InChI=1S/C20H27NO4/c1-15-14-23-18-5-3-2-4-17(18)13-21(15)19(22)12-16-6-8-20(9-7-16)24-10-11-25-20/h2-5,15-16H,6-14H2,1H3/t15-/m0/s1. The Morgan fingerprint density at radius 1 is 1.20 bits per heavy atom. The summed E-state index contributed by atoms with van der Waals surface area (Å²) in [5.41, 5.74) is 1.09. The minimum absolute atomic E-state index is 0.0938. The van der Waals surface area contributed by atoms with Crippen LogP contribution in [0.1, 0.15) is 44.6 Å². The van der Waals surface area contributed by atoms with Crippen LogP contribution in [-0.4, -0.2) is 42.5 Å². The third-order valence-electron chi connectivity index (χ3n) is 5.79. The van der Waals surface area contributed by atoms with Crippen molar-refractivity contribution in [2.75, 3.05) is 19.8 Å². The predicted molar refractivity (Wildman–Crippen MR) is 93.2 cm³/mol. The summed E-state index contributed by atoms with van der Waals surface area (Å²) in [7, 11) is 0. The number of amides is 1. The summed E-state index contributed by atoms with van der Waals surface area (Å²) in [5.74, 6) is 1.22. The molecule has 0 unspecified atom stereocenters. The first-order valence-corrected chi connectivity index (χ1v) is 9.43. The average Bonchev–Trinajstić information content (AvgIpc) is 3.01. The highest BCUT2D eigenvalue weighted by Crippen LogP contribution is 2.39. The van der Waals surface area contributed by atoms with Gasteiger partial charge in [0.15, 0.2) is 5.79 Å². The molecule has 1 aromatic rings. The van der Waals surface area contributed by atoms with E-state index < -0.39 is 0 Å². The minimum Gasteiger partial charge on any atom is -0.491 e. The van der Waals surface area contributed by atoms with E-state index in [2.05, 4.69) is 6.92 Å². The molecule has 2 heterocycles. The Morgan fingerprint density at radius 3 is 2.68 bits per heavy atom. The normalized spacial score (nSPS) is 26.1. The molecule has 2 fully saturated rings. The Balaban J connectivity index is 1.37. The van der Waals surface area contributed by atoms with Gasteiger partial charge in [0.25, 0.3) is 0 Å². The molecule has 2 aliphatic heterocycles. The lowest BCUT2D eigenvalue weighted by Gasteiger charge is -2.36. The molecule has 136 valence electrons. The number of para-hydroxylation sites is 1. The van der Waals surface area contributed by atoms with E-state index in [1.165, 1.54) is 0 Å². The largest absolute Gasteiger partial charge is 0.491 e. The summed E-state index contributed by atoms with van der Waals surface area (Å²) in [6, 6.07) is 8.11. The summed E-state index contributed by atoms with van der Waals surface area (Å²) >= 11 is 0. The first-order chi connectivity index (χ1) is 12.2. The van der Waals surface area contributed by atoms with Gasteiger partial charge in [0, 0.05) is 31.4 Å². The van der Waals surface area contributed by atoms with Crippen LogP contribution in [0.4, 0.5) is 0 Å². The number of benzene rings is 1. The minimum atomic E-state index is -0.345. The summed E-state index contributed by atoms with van der Waals surface area (Å²) < 4.78 is 17.4. The zero-order chi connectivity index (χ0) is 17.3. The molecule has 1 saturated carbocycles. The number of nitrogens with zero attached hydrogens (tertiary/aromatic N) is 1. The number of carbonyl (C=O) groups excluding carboxylic acids is 1. The van der Waals surface area contributed by atoms with Gasteiger partial charge in [0.2, 0.25) is 5.91 Å². The van der Waals surface area contributed by atoms with Crippen molar-refractivity contribution in [3.8, 4) is 5.75 Å². The molecule has 1 saturated heterocycles. The Hall–Kier alpha value is -1.59. The molecular formula is C20H27NO4. The van der Waals surface area contributed by atoms with E-state index in [-0.39, 0.29) is 17.7 Å². The summed E-state index contributed by atoms with van der Waals surface area (Å²) in [6.45, 7) is 4.67. The Morgan fingerprint density at radius 2 is 1.92 bits per heavy atom. The molecule has 4 rings (SSSR count). The van der Waals surface area contributed by atoms with Gasteiger partial charge < -0.3 is 19.1 Å². The fourth-order valence-corrected chi connectivity index (χ4v) is 4.22. The van der Waals surface area contributed by atoms with Crippen LogP contribution in [-0.2, 0) is 20.8 Å². The molecule has 0 radical (unpaired) electrons. The van der Waals surface area contributed by atoms with Gasteiger partial charge in [-0.25, -0.2) is 0 Å². The van der Waals surface area contributed by atoms with Gasteiger partial charge in [-0.1, -0.05) is 18.2 Å². The maximum atomic E-state index is 13.0. The molecule has 1 amide bonds. The van der Waals surface area contributed by atoms with Gasteiger partial charge in [-0.05, 0) is 31.7 Å². The zero-order valence-corrected chi connectivity index (χ0v) is 14.9. The molecule has 1 aliphatic carbocycles. The third kappa shape index (κ3) is 3.53. The molecule has 5 nitrogen and oxygen atoms in total. The summed E-state index contributed by atoms with van der Waals surface area (Å²) in [4.78, 5) is 14.9. The highest BCUT2D eigenvalue weighted by molar-refractivity contribution is 5.77. The molecule has 25 heavy (non-hydrogen) atoms. The zero-order valence-electron chi connectivity index (χ0n) is 14.9. The van der Waals surface area contributed by atoms with Crippen molar-refractivity contribution in [3.05, 3.63) is 29.8 Å². The number of fused-ring (bicyclic) bond motifs is 1. The summed E-state index contributed by atoms with van der Waals surface area (Å²) in [6.07, 6.45) is 4.43. The first kappa shape index (κ1) is 16.9. The van der Waals surface area contributed by atoms with Crippen LogP contribution < -0.4 is 4.74 Å². The van der Waals surface area contributed by atoms with Gasteiger partial charge in [-0.15, -0.1) is 0 Å². The van der Waals surface area contributed by atoms with Crippen LogP contribution >= 0.6 is 0 Å². The molecule has 0 bridgehead atoms. The quantitative estimate of drug-likeness (QED) is 0.826. The Labute approximate surface area is 149 Å². The van der Waals surface area contributed by atoms with Crippen molar-refractivity contribution in [3.63, 3.8) is 0 Å². The average molecular weight is 345 g/mol. The lowest BCUT2D eigenvalue weighted by atomic mass is 9.83. The maximum Gasteiger partial charge on any atom is 0.223 e. The van der Waals surface area contributed by atoms with Crippen molar-refractivity contribution >= 4 is 5.91 Å². The lowest BCUT2D eigenvalue weighted by Crippen LogP contribution is -2.42. The van der Waals surface area contributed by atoms with Crippen LogP contribution in [0.5, 0.6) is 5.75 Å². The van der Waals surface area contributed by atoms with E-state index in [9.17, 15) is 4.79 Å². The van der Waals surface area contributed by atoms with Crippen LogP contribution in [0, 0.1) is 5.92 Å². The Kier molecular flexibility index (Phi) is 4.69. The SMILES string of the molecule is C[C@H]1COc2ccccc2CN1C(=O)CC1CCC2(CC1)OCCO2. The number of hydrogen-bond donors (Lipinski definition) is 0. The second-order valence-electron chi connectivity index (χ2n) is 7.54. The van der Waals surface area contributed by atoms with Crippen LogP contribution in [0.15, 0.2) is 24.3 Å². The van der Waals surface area contributed by atoms with Gasteiger partial charge in [-0.2, -0.15) is 0 Å². The predicted octanol–water partition coefficient (Wildman–Crippen LogP) is 3.12. The Bertz CT molecular complexity index is 616. The molecular weight excluding hydrogens is 318 g/mol. The summed E-state index contributed by atoms with van der Waals surface area (Å²) in [5, 5.41) is 0. The number of ether oxygens (including phenoxy) is 3. The first-order valence-electron chi connectivity index (χ1n) is 9.43. The molecule has 5 heteroatoms. The molecule has 3 aliphatic rings. The molecule has 0 aromatic heterocycles. The van der Waals surface area contributed by atoms with Gasteiger partial charge in [-0.3, -0.25) is 4.79 Å². The molecule has 0 N–H and O–H groups in total. The highest BCUT2D eigenvalue weighted by atomic mass is 16.7. The highest BCUT2D eigenvalue weighted by Gasteiger charge is 2.41. The van der Waals surface area contributed by atoms with Gasteiger partial charge in [0.1, 0.15) is 12.4 Å². The van der Waals surface area contributed by atoms with Crippen molar-refractivity contribution in [1.82, 2.24) is 4.90 Å². The van der Waals surface area contributed by atoms with Gasteiger partial charge >= 0.3 is 0 Å². The number of rotatable bonds is 2. The second kappa shape index (κ2) is 6.96. The smallest absolute Gasteiger partial charge is 0.223 e. The maximum absolute atomic E-state index is 13.0. The van der Waals surface area contributed by atoms with E-state index in [4.69, 9.17) is 14.2 Å². The lowest BCUT2D eigenvalue weighted by molar-refractivity contribution is -0.183. The van der Waals surface area contributed by atoms with Crippen molar-refractivity contribution in [2.24, 2.45) is 5.92 Å². The monoisotopic (exact) mass is 345 g/mol. The second-order valence-corrected chi connectivity index (χ2v) is 7.54. The molecule has 1 aromatic carbocycles. The van der Waals surface area contributed by atoms with E-state index >= 15 is 0 Å². The van der Waals surface area contributed by atoms with Crippen LogP contribution in [0.2, 0.25) is 0 Å². The van der Waals surface area contributed by atoms with E-state index in [1.54, 1.807) is 0 Å². The third-order valence-corrected chi connectivity index (χ3v) is 5.79. The van der Waals surface area contributed by atoms with E-state index in [0.717, 1.165) is 37.0 Å². The van der Waals surface area contributed by atoms with Crippen LogP contribution in [0.25, 0.3) is 0 Å². The fraction of sp³-hybridized carbons (Fsp3) is 0.650. The topological polar surface area (TPSA) is 48.0 Å². The molecule has 1 atom stereocenters.